The van der Waals surface area contributed by atoms with Crippen LogP contribution in [-0.4, -0.2) is 61.1 Å². The highest BCUT2D eigenvalue weighted by atomic mass is 79.9. The second kappa shape index (κ2) is 5.70. The number of hydrogen-bond donors (Lipinski definition) is 1. The molecule has 3 aliphatic heterocycles. The van der Waals surface area contributed by atoms with Crippen LogP contribution in [-0.2, 0) is 9.59 Å². The van der Waals surface area contributed by atoms with Crippen LogP contribution in [0.2, 0.25) is 0 Å². The highest BCUT2D eigenvalue weighted by Crippen LogP contribution is 2.44. The van der Waals surface area contributed by atoms with Crippen molar-refractivity contribution in [3.05, 3.63) is 46.7 Å². The summed E-state index contributed by atoms with van der Waals surface area (Å²) in [5.41, 5.74) is 1.09. The molecule has 25 heavy (non-hydrogen) atoms. The molecule has 128 valence electrons. The minimum Gasteiger partial charge on any atom is -0.477 e. The Hall–Kier alpha value is -2.13. The fourth-order valence-electron chi connectivity index (χ4n) is 3.33. The summed E-state index contributed by atoms with van der Waals surface area (Å²) in [6, 6.07) is 5.45. The third-order valence-corrected chi connectivity index (χ3v) is 6.49. The summed E-state index contributed by atoms with van der Waals surface area (Å²) < 4.78 is 0. The number of hydrogen-bond acceptors (Lipinski definition) is 5. The molecule has 0 saturated carbocycles. The number of rotatable bonds is 3. The van der Waals surface area contributed by atoms with Gasteiger partial charge in [-0.25, -0.2) is 4.79 Å². The number of nitrogens with zero attached hydrogens (tertiary/aromatic N) is 2. The smallest absolute Gasteiger partial charge is 0.352 e. The van der Waals surface area contributed by atoms with E-state index >= 15 is 0 Å². The molecule has 0 radical (unpaired) electrons. The second-order valence-electron chi connectivity index (χ2n) is 5.77. The van der Waals surface area contributed by atoms with Gasteiger partial charge in [-0.1, -0.05) is 28.1 Å². The number of thioether (sulfide) groups is 1. The van der Waals surface area contributed by atoms with Gasteiger partial charge in [0, 0.05) is 11.1 Å². The molecule has 1 fully saturated rings. The van der Waals surface area contributed by atoms with Crippen LogP contribution in [0.1, 0.15) is 20.7 Å². The maximum Gasteiger partial charge on any atom is 0.352 e. The Balaban J connectivity index is 1.69. The molecule has 1 aromatic rings. The Morgan fingerprint density at radius 1 is 1.16 bits per heavy atom. The second-order valence-corrected chi connectivity index (χ2v) is 7.44. The van der Waals surface area contributed by atoms with Crippen molar-refractivity contribution in [2.45, 2.75) is 11.4 Å². The van der Waals surface area contributed by atoms with E-state index < -0.39 is 35.1 Å². The molecule has 1 saturated heterocycles. The first kappa shape index (κ1) is 16.3. The van der Waals surface area contributed by atoms with E-state index in [2.05, 4.69) is 15.9 Å². The molecule has 1 aromatic carbocycles. The molecule has 0 aromatic heterocycles. The molecule has 0 unspecified atom stereocenters. The maximum absolute atomic E-state index is 12.7. The number of benzene rings is 1. The van der Waals surface area contributed by atoms with E-state index in [1.807, 2.05) is 0 Å². The van der Waals surface area contributed by atoms with Gasteiger partial charge in [0.05, 0.1) is 11.1 Å². The number of alkyl halides is 1. The number of carbonyl (C=O) groups is 4. The van der Waals surface area contributed by atoms with E-state index in [9.17, 15) is 24.3 Å². The van der Waals surface area contributed by atoms with Crippen LogP contribution in [0.15, 0.2) is 35.5 Å². The van der Waals surface area contributed by atoms with E-state index in [4.69, 9.17) is 0 Å². The summed E-state index contributed by atoms with van der Waals surface area (Å²) >= 11 is 4.60. The lowest BCUT2D eigenvalue weighted by atomic mass is 10.0. The van der Waals surface area contributed by atoms with Crippen LogP contribution in [0, 0.1) is 0 Å². The topological polar surface area (TPSA) is 95.0 Å². The first-order valence-electron chi connectivity index (χ1n) is 7.40. The van der Waals surface area contributed by atoms with Gasteiger partial charge in [-0.05, 0) is 17.7 Å². The number of imide groups is 1. The number of carbonyl (C=O) groups excluding carboxylic acids is 3. The summed E-state index contributed by atoms with van der Waals surface area (Å²) in [5, 5.41) is 9.22. The zero-order valence-electron chi connectivity index (χ0n) is 12.6. The molecule has 7 nitrogen and oxygen atoms in total. The van der Waals surface area contributed by atoms with Gasteiger partial charge < -0.3 is 5.11 Å². The zero-order chi connectivity index (χ0) is 17.9. The molecule has 0 spiro atoms. The van der Waals surface area contributed by atoms with Gasteiger partial charge in [0.15, 0.2) is 0 Å². The van der Waals surface area contributed by atoms with Gasteiger partial charge in [0.2, 0.25) is 0 Å². The van der Waals surface area contributed by atoms with Crippen molar-refractivity contribution in [1.29, 1.82) is 0 Å². The quantitative estimate of drug-likeness (QED) is 0.448. The molecule has 3 amide bonds. The number of fused-ring (bicyclic) bond motifs is 2. The van der Waals surface area contributed by atoms with Crippen molar-refractivity contribution in [3.8, 4) is 0 Å². The standard InChI is InChI=1S/C16H11BrN2O5S/c17-5-7-6-25-15-11(14(22)19(15)10(7)16(23)24)18-12(20)8-3-1-2-4-9(8)13(18)21/h1-4,11,15H,5-6H2,(H,23,24)/t11-,15-/m1/s1. The van der Waals surface area contributed by atoms with Crippen LogP contribution in [0.5, 0.6) is 0 Å². The van der Waals surface area contributed by atoms with Crippen molar-refractivity contribution in [2.75, 3.05) is 11.1 Å². The monoisotopic (exact) mass is 422 g/mol. The largest absolute Gasteiger partial charge is 0.477 e. The van der Waals surface area contributed by atoms with Crippen molar-refractivity contribution >= 4 is 51.4 Å². The summed E-state index contributed by atoms with van der Waals surface area (Å²) in [4.78, 5) is 51.5. The normalized spacial score (nSPS) is 25.1. The minimum absolute atomic E-state index is 0.0570. The Kier molecular flexibility index (Phi) is 3.73. The van der Waals surface area contributed by atoms with Crippen LogP contribution in [0.3, 0.4) is 0 Å². The highest BCUT2D eigenvalue weighted by Gasteiger charge is 2.59. The fraction of sp³-hybridized carbons (Fsp3) is 0.250. The molecular weight excluding hydrogens is 412 g/mol. The SMILES string of the molecule is O=C(O)C1=C(CBr)CS[C@@H]2[C@H](N3C(=O)c4ccccc4C3=O)C(=O)N12. The van der Waals surface area contributed by atoms with Crippen LogP contribution < -0.4 is 0 Å². The van der Waals surface area contributed by atoms with E-state index in [1.54, 1.807) is 24.3 Å². The molecule has 3 heterocycles. The van der Waals surface area contributed by atoms with Crippen molar-refractivity contribution in [1.82, 2.24) is 9.80 Å². The van der Waals surface area contributed by atoms with Crippen molar-refractivity contribution in [2.24, 2.45) is 0 Å². The lowest BCUT2D eigenvalue weighted by Crippen LogP contribution is -2.71. The van der Waals surface area contributed by atoms with Crippen LogP contribution >= 0.6 is 27.7 Å². The maximum atomic E-state index is 12.7. The number of aliphatic carboxylic acids is 1. The zero-order valence-corrected chi connectivity index (χ0v) is 15.0. The predicted octanol–water partition coefficient (Wildman–Crippen LogP) is 1.30. The first-order valence-corrected chi connectivity index (χ1v) is 9.57. The van der Waals surface area contributed by atoms with Gasteiger partial charge in [0.25, 0.3) is 17.7 Å². The van der Waals surface area contributed by atoms with Crippen LogP contribution in [0.4, 0.5) is 0 Å². The fourth-order valence-corrected chi connectivity index (χ4v) is 5.45. The van der Waals surface area contributed by atoms with Gasteiger partial charge in [-0.3, -0.25) is 24.2 Å². The van der Waals surface area contributed by atoms with Gasteiger partial charge >= 0.3 is 5.97 Å². The number of carboxylic acids is 1. The lowest BCUT2D eigenvalue weighted by Gasteiger charge is -2.51. The lowest BCUT2D eigenvalue weighted by molar-refractivity contribution is -0.151. The number of amides is 3. The molecule has 2 atom stereocenters. The number of carboxylic acid groups (broad SMARTS) is 1. The van der Waals surface area contributed by atoms with E-state index in [0.29, 0.717) is 16.7 Å². The van der Waals surface area contributed by atoms with Gasteiger partial charge in [-0.2, -0.15) is 0 Å². The molecule has 9 heteroatoms. The molecule has 1 N–H and O–H groups in total. The van der Waals surface area contributed by atoms with E-state index in [1.165, 1.54) is 16.7 Å². The molecular formula is C16H11BrN2O5S. The molecule has 4 rings (SSSR count). The Morgan fingerprint density at radius 2 is 1.76 bits per heavy atom. The van der Waals surface area contributed by atoms with Crippen LogP contribution in [0.25, 0.3) is 0 Å². The Bertz CT molecular complexity index is 848. The third-order valence-electron chi connectivity index (χ3n) is 4.49. The Morgan fingerprint density at radius 3 is 2.28 bits per heavy atom. The molecule has 0 bridgehead atoms. The summed E-state index contributed by atoms with van der Waals surface area (Å²) in [7, 11) is 0. The summed E-state index contributed by atoms with van der Waals surface area (Å²) in [5.74, 6) is -2.32. The van der Waals surface area contributed by atoms with Gasteiger partial charge in [0.1, 0.15) is 17.1 Å². The summed E-state index contributed by atoms with van der Waals surface area (Å²) in [6.45, 7) is 0. The third kappa shape index (κ3) is 2.12. The Labute approximate surface area is 154 Å². The van der Waals surface area contributed by atoms with E-state index in [-0.39, 0.29) is 16.8 Å². The van der Waals surface area contributed by atoms with E-state index in [0.717, 1.165) is 4.90 Å². The number of halogens is 1. The predicted molar refractivity (Wildman–Crippen MR) is 92.3 cm³/mol. The highest BCUT2D eigenvalue weighted by molar-refractivity contribution is 9.09. The van der Waals surface area contributed by atoms with Crippen molar-refractivity contribution in [3.63, 3.8) is 0 Å². The molecule has 0 aliphatic carbocycles. The first-order chi connectivity index (χ1) is 12.0. The molecule has 3 aliphatic rings. The average Bonchev–Trinajstić information content (AvgIpc) is 2.86. The van der Waals surface area contributed by atoms with Gasteiger partial charge in [-0.15, -0.1) is 11.8 Å². The number of β-lactam (4-membered cyclic amide) rings is 1. The summed E-state index contributed by atoms with van der Waals surface area (Å²) in [6.07, 6.45) is 0. The minimum atomic E-state index is -1.19. The van der Waals surface area contributed by atoms with Crippen molar-refractivity contribution < 1.29 is 24.3 Å². The average molecular weight is 423 g/mol.